The molecule has 3 nitrogen and oxygen atoms in total. The molecule has 132 valence electrons. The lowest BCUT2D eigenvalue weighted by Gasteiger charge is -2.22. The van der Waals surface area contributed by atoms with Crippen molar-refractivity contribution in [1.82, 2.24) is 4.90 Å². The van der Waals surface area contributed by atoms with E-state index < -0.39 is 0 Å². The van der Waals surface area contributed by atoms with Crippen molar-refractivity contribution in [1.29, 1.82) is 0 Å². The van der Waals surface area contributed by atoms with Gasteiger partial charge in [0.15, 0.2) is 0 Å². The minimum atomic E-state index is 0.100. The average Bonchev–Trinajstić information content (AvgIpc) is 3.34. The van der Waals surface area contributed by atoms with Crippen LogP contribution < -0.4 is 0 Å². The van der Waals surface area contributed by atoms with E-state index in [-0.39, 0.29) is 11.8 Å². The zero-order valence-corrected chi connectivity index (χ0v) is 14.8. The summed E-state index contributed by atoms with van der Waals surface area (Å²) >= 11 is 0. The minimum Gasteiger partial charge on any atom is -0.467 e. The minimum absolute atomic E-state index is 0.100. The Labute approximate surface area is 154 Å². The standard InChI is InChI=1S/C23H23NO2/c25-23(22-16-21(22)19-10-5-2-6-11-19)24(17-20-12-7-15-26-20)14-13-18-8-3-1-4-9-18/h1-12,15,21-22H,13-14,16-17H2/t21-,22-/m0/s1. The maximum Gasteiger partial charge on any atom is 0.226 e. The highest BCUT2D eigenvalue weighted by Crippen LogP contribution is 2.48. The Morgan fingerprint density at radius 3 is 2.38 bits per heavy atom. The van der Waals surface area contributed by atoms with Gasteiger partial charge in [-0.1, -0.05) is 60.7 Å². The Hall–Kier alpha value is -2.81. The molecule has 0 aliphatic heterocycles. The summed E-state index contributed by atoms with van der Waals surface area (Å²) in [7, 11) is 0. The van der Waals surface area contributed by atoms with E-state index >= 15 is 0 Å². The van der Waals surface area contributed by atoms with Crippen LogP contribution in [0.2, 0.25) is 0 Å². The van der Waals surface area contributed by atoms with Crippen molar-refractivity contribution in [2.24, 2.45) is 5.92 Å². The molecule has 2 atom stereocenters. The lowest BCUT2D eigenvalue weighted by Crippen LogP contribution is -2.33. The van der Waals surface area contributed by atoms with E-state index in [0.29, 0.717) is 19.0 Å². The van der Waals surface area contributed by atoms with Gasteiger partial charge in [-0.05, 0) is 42.0 Å². The van der Waals surface area contributed by atoms with E-state index in [4.69, 9.17) is 4.42 Å². The fourth-order valence-electron chi connectivity index (χ4n) is 3.54. The topological polar surface area (TPSA) is 33.5 Å². The van der Waals surface area contributed by atoms with Gasteiger partial charge in [0, 0.05) is 12.5 Å². The Balaban J connectivity index is 1.44. The summed E-state index contributed by atoms with van der Waals surface area (Å²) in [5.41, 5.74) is 2.52. The Bertz CT molecular complexity index is 827. The van der Waals surface area contributed by atoms with E-state index in [0.717, 1.165) is 18.6 Å². The first-order valence-corrected chi connectivity index (χ1v) is 9.21. The fraction of sp³-hybridized carbons (Fsp3) is 0.261. The van der Waals surface area contributed by atoms with Crippen molar-refractivity contribution in [3.05, 3.63) is 95.9 Å². The van der Waals surface area contributed by atoms with Crippen LogP contribution in [0.1, 0.15) is 29.2 Å². The van der Waals surface area contributed by atoms with Gasteiger partial charge in [-0.3, -0.25) is 4.79 Å². The van der Waals surface area contributed by atoms with Crippen molar-refractivity contribution in [3.63, 3.8) is 0 Å². The smallest absolute Gasteiger partial charge is 0.226 e. The first kappa shape index (κ1) is 16.6. The molecule has 1 aliphatic carbocycles. The van der Waals surface area contributed by atoms with Crippen LogP contribution in [0.25, 0.3) is 0 Å². The van der Waals surface area contributed by atoms with Crippen LogP contribution in [-0.2, 0) is 17.8 Å². The molecule has 1 saturated carbocycles. The van der Waals surface area contributed by atoms with Gasteiger partial charge in [0.1, 0.15) is 5.76 Å². The summed E-state index contributed by atoms with van der Waals surface area (Å²) in [5, 5.41) is 0. The van der Waals surface area contributed by atoms with Crippen molar-refractivity contribution < 1.29 is 9.21 Å². The quantitative estimate of drug-likeness (QED) is 0.624. The zero-order chi connectivity index (χ0) is 17.8. The van der Waals surface area contributed by atoms with Gasteiger partial charge in [-0.15, -0.1) is 0 Å². The summed E-state index contributed by atoms with van der Waals surface area (Å²) in [6.45, 7) is 1.25. The molecule has 1 aliphatic rings. The molecule has 26 heavy (non-hydrogen) atoms. The highest BCUT2D eigenvalue weighted by atomic mass is 16.3. The maximum absolute atomic E-state index is 13.1. The highest BCUT2D eigenvalue weighted by molar-refractivity contribution is 5.83. The van der Waals surface area contributed by atoms with E-state index in [9.17, 15) is 4.79 Å². The molecule has 0 N–H and O–H groups in total. The molecule has 4 rings (SSSR count). The molecule has 0 bridgehead atoms. The van der Waals surface area contributed by atoms with Crippen LogP contribution >= 0.6 is 0 Å². The molecule has 0 radical (unpaired) electrons. The second-order valence-corrected chi connectivity index (χ2v) is 6.93. The SMILES string of the molecule is O=C([C@H]1C[C@H]1c1ccccc1)N(CCc1ccccc1)Cc1ccco1. The molecule has 0 spiro atoms. The monoisotopic (exact) mass is 345 g/mol. The summed E-state index contributed by atoms with van der Waals surface area (Å²) in [6, 6.07) is 24.5. The van der Waals surface area contributed by atoms with Crippen LogP contribution in [0, 0.1) is 5.92 Å². The number of carbonyl (C=O) groups is 1. The predicted molar refractivity (Wildman–Crippen MR) is 102 cm³/mol. The third-order valence-electron chi connectivity index (χ3n) is 5.09. The second-order valence-electron chi connectivity index (χ2n) is 6.93. The summed E-state index contributed by atoms with van der Waals surface area (Å²) in [5.74, 6) is 1.54. The van der Waals surface area contributed by atoms with Crippen molar-refractivity contribution >= 4 is 5.91 Å². The summed E-state index contributed by atoms with van der Waals surface area (Å²) in [6.07, 6.45) is 3.47. The summed E-state index contributed by atoms with van der Waals surface area (Å²) in [4.78, 5) is 15.1. The zero-order valence-electron chi connectivity index (χ0n) is 14.8. The van der Waals surface area contributed by atoms with E-state index in [1.54, 1.807) is 6.26 Å². The van der Waals surface area contributed by atoms with Crippen LogP contribution in [0.3, 0.4) is 0 Å². The van der Waals surface area contributed by atoms with Crippen molar-refractivity contribution in [2.75, 3.05) is 6.54 Å². The number of benzene rings is 2. The molecular formula is C23H23NO2. The van der Waals surface area contributed by atoms with E-state index in [2.05, 4.69) is 24.3 Å². The first-order valence-electron chi connectivity index (χ1n) is 9.21. The van der Waals surface area contributed by atoms with Crippen LogP contribution in [-0.4, -0.2) is 17.4 Å². The average molecular weight is 345 g/mol. The molecule has 0 saturated heterocycles. The molecular weight excluding hydrogens is 322 g/mol. The highest BCUT2D eigenvalue weighted by Gasteiger charge is 2.45. The van der Waals surface area contributed by atoms with Crippen molar-refractivity contribution in [3.8, 4) is 0 Å². The van der Waals surface area contributed by atoms with Gasteiger partial charge >= 0.3 is 0 Å². The number of rotatable bonds is 7. The number of hydrogen-bond acceptors (Lipinski definition) is 2. The summed E-state index contributed by atoms with van der Waals surface area (Å²) < 4.78 is 5.48. The van der Waals surface area contributed by atoms with Gasteiger partial charge in [0.25, 0.3) is 0 Å². The number of nitrogens with zero attached hydrogens (tertiary/aromatic N) is 1. The van der Waals surface area contributed by atoms with Crippen LogP contribution in [0.15, 0.2) is 83.5 Å². The number of hydrogen-bond donors (Lipinski definition) is 0. The largest absolute Gasteiger partial charge is 0.467 e. The van der Waals surface area contributed by atoms with E-state index in [1.165, 1.54) is 11.1 Å². The van der Waals surface area contributed by atoms with Gasteiger partial charge in [-0.2, -0.15) is 0 Å². The fourth-order valence-corrected chi connectivity index (χ4v) is 3.54. The molecule has 0 unspecified atom stereocenters. The molecule has 1 heterocycles. The third-order valence-corrected chi connectivity index (χ3v) is 5.09. The van der Waals surface area contributed by atoms with Crippen LogP contribution in [0.4, 0.5) is 0 Å². The molecule has 1 amide bonds. The van der Waals surface area contributed by atoms with Crippen LogP contribution in [0.5, 0.6) is 0 Å². The lowest BCUT2D eigenvalue weighted by atomic mass is 10.1. The number of carbonyl (C=O) groups excluding carboxylic acids is 1. The second kappa shape index (κ2) is 7.61. The first-order chi connectivity index (χ1) is 12.8. The Morgan fingerprint density at radius 2 is 1.69 bits per heavy atom. The Morgan fingerprint density at radius 1 is 0.962 bits per heavy atom. The molecule has 3 heteroatoms. The van der Waals surface area contributed by atoms with Gasteiger partial charge in [0.2, 0.25) is 5.91 Å². The molecule has 1 aromatic heterocycles. The molecule has 3 aromatic rings. The lowest BCUT2D eigenvalue weighted by molar-refractivity contribution is -0.133. The Kier molecular flexibility index (Phi) is 4.87. The predicted octanol–water partition coefficient (Wildman–Crippen LogP) is 4.65. The van der Waals surface area contributed by atoms with Crippen molar-refractivity contribution in [2.45, 2.75) is 25.3 Å². The molecule has 2 aromatic carbocycles. The number of furan rings is 1. The maximum atomic E-state index is 13.1. The molecule has 1 fully saturated rings. The van der Waals surface area contributed by atoms with Gasteiger partial charge in [-0.25, -0.2) is 0 Å². The normalized spacial score (nSPS) is 18.5. The number of amides is 1. The van der Waals surface area contributed by atoms with Gasteiger partial charge in [0.05, 0.1) is 12.8 Å². The third kappa shape index (κ3) is 3.88. The van der Waals surface area contributed by atoms with Gasteiger partial charge < -0.3 is 9.32 Å². The van der Waals surface area contributed by atoms with E-state index in [1.807, 2.05) is 53.4 Å².